The summed E-state index contributed by atoms with van der Waals surface area (Å²) in [7, 11) is 0. The van der Waals surface area contributed by atoms with E-state index in [4.69, 9.17) is 0 Å². The molecule has 0 spiro atoms. The van der Waals surface area contributed by atoms with E-state index in [0.717, 1.165) is 12.1 Å². The van der Waals surface area contributed by atoms with Gasteiger partial charge in [0.25, 0.3) is 0 Å². The summed E-state index contributed by atoms with van der Waals surface area (Å²) in [5.74, 6) is -0.166. The highest BCUT2D eigenvalue weighted by atomic mass is 79.9. The van der Waals surface area contributed by atoms with E-state index in [-0.39, 0.29) is 17.1 Å². The van der Waals surface area contributed by atoms with Crippen LogP contribution in [-0.4, -0.2) is 18.3 Å². The van der Waals surface area contributed by atoms with Crippen molar-refractivity contribution < 1.29 is 9.18 Å². The van der Waals surface area contributed by atoms with Crippen molar-refractivity contribution in [3.8, 4) is 0 Å². The third-order valence-corrected chi connectivity index (χ3v) is 6.86. The van der Waals surface area contributed by atoms with Crippen molar-refractivity contribution in [3.63, 3.8) is 0 Å². The van der Waals surface area contributed by atoms with E-state index in [2.05, 4.69) is 58.3 Å². The summed E-state index contributed by atoms with van der Waals surface area (Å²) in [5, 5.41) is 10.9. The fraction of sp³-hybridized carbons (Fsp3) is 0.318. The molecule has 4 rings (SSSR count). The Morgan fingerprint density at radius 1 is 1.18 bits per heavy atom. The summed E-state index contributed by atoms with van der Waals surface area (Å²) in [6.07, 6.45) is 3.90. The van der Waals surface area contributed by atoms with Gasteiger partial charge in [0.2, 0.25) is 5.91 Å². The zero-order chi connectivity index (χ0) is 20.1. The summed E-state index contributed by atoms with van der Waals surface area (Å²) in [6, 6.07) is 10.3. The third kappa shape index (κ3) is 2.82. The van der Waals surface area contributed by atoms with Gasteiger partial charge in [0, 0.05) is 10.2 Å². The molecule has 6 heteroatoms. The lowest BCUT2D eigenvalue weighted by molar-refractivity contribution is -0.117. The van der Waals surface area contributed by atoms with E-state index in [1.54, 1.807) is 6.07 Å². The smallest absolute Gasteiger partial charge is 0.246 e. The first-order chi connectivity index (χ1) is 13.3. The number of benzene rings is 2. The van der Waals surface area contributed by atoms with E-state index < -0.39 is 5.41 Å². The minimum Gasteiger partial charge on any atom is -0.324 e. The number of fused-ring (bicyclic) bond motifs is 1. The minimum absolute atomic E-state index is 0.0595. The van der Waals surface area contributed by atoms with Gasteiger partial charge in [-0.1, -0.05) is 54.9 Å². The molecule has 1 aliphatic carbocycles. The predicted molar refractivity (Wildman–Crippen MR) is 114 cm³/mol. The molecule has 2 aromatic carbocycles. The van der Waals surface area contributed by atoms with Crippen LogP contribution in [0.1, 0.15) is 37.5 Å². The van der Waals surface area contributed by atoms with Crippen LogP contribution in [0.2, 0.25) is 0 Å². The summed E-state index contributed by atoms with van der Waals surface area (Å²) in [5.41, 5.74) is 2.72. The topological polar surface area (TPSA) is 53.8 Å². The minimum atomic E-state index is -1.19. The van der Waals surface area contributed by atoms with Gasteiger partial charge in [0.1, 0.15) is 11.2 Å². The largest absolute Gasteiger partial charge is 0.324 e. The molecule has 0 saturated carbocycles. The summed E-state index contributed by atoms with van der Waals surface area (Å²) in [4.78, 5) is 13.4. The number of anilines is 1. The lowest BCUT2D eigenvalue weighted by Gasteiger charge is -2.26. The standard InChI is InChI=1S/C22H21BrFN3O/c1-13-9-15-16(21(13,2)3)5-4-6-19(15)27-20(28)22(11-25-26-12-22)17-8-7-14(24)10-18(17)23/h4-8,10-13H,9H2,1-3H3,(H,27,28). The van der Waals surface area contributed by atoms with Crippen molar-refractivity contribution in [2.75, 3.05) is 5.32 Å². The Balaban J connectivity index is 1.74. The molecule has 4 nitrogen and oxygen atoms in total. The van der Waals surface area contributed by atoms with Gasteiger partial charge >= 0.3 is 0 Å². The molecule has 0 radical (unpaired) electrons. The summed E-state index contributed by atoms with van der Waals surface area (Å²) < 4.78 is 14.1. The second kappa shape index (κ2) is 6.62. The molecule has 1 heterocycles. The van der Waals surface area contributed by atoms with Crippen molar-refractivity contribution in [3.05, 3.63) is 63.4 Å². The average Bonchev–Trinajstić information content (AvgIpc) is 3.21. The van der Waals surface area contributed by atoms with E-state index in [0.29, 0.717) is 16.0 Å². The number of carbonyl (C=O) groups excluding carboxylic acids is 1. The van der Waals surface area contributed by atoms with Crippen LogP contribution in [0, 0.1) is 11.7 Å². The molecule has 2 aromatic rings. The number of amides is 1. The molecule has 144 valence electrons. The molecule has 0 saturated heterocycles. The molecule has 0 fully saturated rings. The second-order valence-electron chi connectivity index (χ2n) is 8.09. The Bertz CT molecular complexity index is 1020. The summed E-state index contributed by atoms with van der Waals surface area (Å²) in [6.45, 7) is 6.71. The quantitative estimate of drug-likeness (QED) is 0.715. The lowest BCUT2D eigenvalue weighted by Crippen LogP contribution is -2.42. The van der Waals surface area contributed by atoms with Crippen molar-refractivity contribution in [2.24, 2.45) is 16.1 Å². The normalized spacial score (nSPS) is 21.0. The molecule has 0 aromatic heterocycles. The Hall–Kier alpha value is -2.34. The molecular formula is C22H21BrFN3O. The number of rotatable bonds is 3. The van der Waals surface area contributed by atoms with Crippen molar-refractivity contribution >= 4 is 40.0 Å². The highest BCUT2D eigenvalue weighted by molar-refractivity contribution is 9.10. The predicted octanol–water partition coefficient (Wildman–Crippen LogP) is 5.00. The molecule has 0 bridgehead atoms. The highest BCUT2D eigenvalue weighted by Gasteiger charge is 2.43. The van der Waals surface area contributed by atoms with Crippen LogP contribution in [0.3, 0.4) is 0 Å². The number of hydrogen-bond acceptors (Lipinski definition) is 3. The number of nitrogens with zero attached hydrogens (tertiary/aromatic N) is 2. The van der Waals surface area contributed by atoms with Gasteiger partial charge in [-0.25, -0.2) is 4.39 Å². The van der Waals surface area contributed by atoms with Crippen LogP contribution in [0.15, 0.2) is 51.1 Å². The van der Waals surface area contributed by atoms with Crippen molar-refractivity contribution in [1.82, 2.24) is 0 Å². The zero-order valence-corrected chi connectivity index (χ0v) is 17.5. The molecule has 1 N–H and O–H groups in total. The van der Waals surface area contributed by atoms with Gasteiger partial charge in [-0.3, -0.25) is 4.79 Å². The van der Waals surface area contributed by atoms with Gasteiger partial charge in [-0.2, -0.15) is 10.2 Å². The molecule has 1 amide bonds. The Kier molecular flexibility index (Phi) is 4.49. The second-order valence-corrected chi connectivity index (χ2v) is 8.95. The SMILES string of the molecule is CC1Cc2c(NC(=O)C3(c4ccc(F)cc4Br)C=NN=C3)cccc2C1(C)C. The van der Waals surface area contributed by atoms with Crippen LogP contribution in [0.25, 0.3) is 0 Å². The average molecular weight is 442 g/mol. The van der Waals surface area contributed by atoms with E-state index in [9.17, 15) is 9.18 Å². The highest BCUT2D eigenvalue weighted by Crippen LogP contribution is 2.45. The van der Waals surface area contributed by atoms with Gasteiger partial charge in [0.05, 0.1) is 12.4 Å². The molecule has 1 unspecified atom stereocenters. The van der Waals surface area contributed by atoms with E-state index in [1.165, 1.54) is 35.7 Å². The van der Waals surface area contributed by atoms with Gasteiger partial charge in [-0.05, 0) is 52.6 Å². The van der Waals surface area contributed by atoms with Crippen LogP contribution < -0.4 is 5.32 Å². The Morgan fingerprint density at radius 2 is 1.89 bits per heavy atom. The Labute approximate surface area is 172 Å². The summed E-state index contributed by atoms with van der Waals surface area (Å²) >= 11 is 3.38. The third-order valence-electron chi connectivity index (χ3n) is 6.20. The molecule has 28 heavy (non-hydrogen) atoms. The Morgan fingerprint density at radius 3 is 2.57 bits per heavy atom. The fourth-order valence-electron chi connectivity index (χ4n) is 4.07. The first kappa shape index (κ1) is 19.0. The number of nitrogens with one attached hydrogen (secondary N) is 1. The maximum Gasteiger partial charge on any atom is 0.246 e. The van der Waals surface area contributed by atoms with Gasteiger partial charge in [-0.15, -0.1) is 0 Å². The number of carbonyl (C=O) groups is 1. The fourth-order valence-corrected chi connectivity index (χ4v) is 4.74. The van der Waals surface area contributed by atoms with E-state index in [1.807, 2.05) is 12.1 Å². The molecule has 2 aliphatic rings. The molecular weight excluding hydrogens is 421 g/mol. The van der Waals surface area contributed by atoms with Crippen LogP contribution in [-0.2, 0) is 22.0 Å². The van der Waals surface area contributed by atoms with Crippen molar-refractivity contribution in [2.45, 2.75) is 38.0 Å². The van der Waals surface area contributed by atoms with E-state index >= 15 is 0 Å². The van der Waals surface area contributed by atoms with Gasteiger partial charge in [0.15, 0.2) is 0 Å². The van der Waals surface area contributed by atoms with Crippen LogP contribution >= 0.6 is 15.9 Å². The van der Waals surface area contributed by atoms with Crippen LogP contribution in [0.5, 0.6) is 0 Å². The lowest BCUT2D eigenvalue weighted by atomic mass is 9.79. The number of hydrogen-bond donors (Lipinski definition) is 1. The van der Waals surface area contributed by atoms with Gasteiger partial charge < -0.3 is 5.32 Å². The monoisotopic (exact) mass is 441 g/mol. The number of halogens is 2. The molecule has 1 aliphatic heterocycles. The first-order valence-electron chi connectivity index (χ1n) is 9.24. The maximum atomic E-state index is 13.6. The maximum absolute atomic E-state index is 13.6. The molecule has 1 atom stereocenters. The zero-order valence-electron chi connectivity index (χ0n) is 16.0. The first-order valence-corrected chi connectivity index (χ1v) is 10.0. The van der Waals surface area contributed by atoms with Crippen LogP contribution in [0.4, 0.5) is 10.1 Å². The van der Waals surface area contributed by atoms with Crippen molar-refractivity contribution in [1.29, 1.82) is 0 Å².